The van der Waals surface area contributed by atoms with E-state index in [1.54, 1.807) is 6.92 Å². The van der Waals surface area contributed by atoms with E-state index in [1.807, 2.05) is 20.8 Å². The Morgan fingerprint density at radius 3 is 2.16 bits per heavy atom. The fraction of sp³-hybridized carbons (Fsp3) is 0.946. The third-order valence-corrected chi connectivity index (χ3v) is 14.3. The lowest BCUT2D eigenvalue weighted by atomic mass is 9.44. The molecule has 43 heavy (non-hydrogen) atoms. The van der Waals surface area contributed by atoms with Crippen LogP contribution in [0, 0.1) is 39.9 Å². The summed E-state index contributed by atoms with van der Waals surface area (Å²) in [5.74, 6) is 2.52. The Morgan fingerprint density at radius 1 is 0.837 bits per heavy atom. The highest BCUT2D eigenvalue weighted by Crippen LogP contribution is 2.68. The highest BCUT2D eigenvalue weighted by Gasteiger charge is 2.67. The van der Waals surface area contributed by atoms with E-state index >= 15 is 0 Å². The maximum absolute atomic E-state index is 13.5. The van der Waals surface area contributed by atoms with Crippen molar-refractivity contribution in [3.8, 4) is 0 Å². The molecule has 0 N–H and O–H groups in total. The summed E-state index contributed by atoms with van der Waals surface area (Å²) in [6.45, 7) is 17.5. The first-order valence-corrected chi connectivity index (χ1v) is 18.2. The molecule has 0 amide bonds. The van der Waals surface area contributed by atoms with Gasteiger partial charge in [-0.25, -0.2) is 0 Å². The average molecular weight is 600 g/mol. The number of carbonyl (C=O) groups excluding carboxylic acids is 2. The molecule has 0 spiro atoms. The van der Waals surface area contributed by atoms with Gasteiger partial charge in [-0.2, -0.15) is 0 Å². The zero-order valence-electron chi connectivity index (χ0n) is 28.7. The number of fused-ring (bicyclic) bond motifs is 5. The fourth-order valence-corrected chi connectivity index (χ4v) is 11.8. The largest absolute Gasteiger partial charge is 0.461 e. The predicted molar refractivity (Wildman–Crippen MR) is 170 cm³/mol. The van der Waals surface area contributed by atoms with Crippen molar-refractivity contribution in [1.82, 2.24) is 4.90 Å². The van der Waals surface area contributed by atoms with Gasteiger partial charge in [-0.1, -0.05) is 20.3 Å². The van der Waals surface area contributed by atoms with E-state index in [0.717, 1.165) is 24.0 Å². The number of rotatable bonds is 4. The molecule has 2 heterocycles. The molecule has 0 aromatic carbocycles. The number of hydrogen-bond acceptors (Lipinski definition) is 5. The Hall–Kier alpha value is -1.14. The molecular weight excluding hydrogens is 536 g/mol. The first-order valence-electron chi connectivity index (χ1n) is 18.2. The molecule has 6 aliphatic rings. The molecule has 6 heteroatoms. The van der Waals surface area contributed by atoms with E-state index in [4.69, 9.17) is 9.47 Å². The normalized spacial score (nSPS) is 44.9. The van der Waals surface area contributed by atoms with E-state index in [0.29, 0.717) is 35.8 Å². The second-order valence-electron chi connectivity index (χ2n) is 17.8. The second kappa shape index (κ2) is 11.6. The molecule has 6 nitrogen and oxygen atoms in total. The Labute approximate surface area is 262 Å². The van der Waals surface area contributed by atoms with Crippen molar-refractivity contribution in [2.45, 2.75) is 149 Å². The summed E-state index contributed by atoms with van der Waals surface area (Å²) in [6.07, 6.45) is 16.2. The summed E-state index contributed by atoms with van der Waals surface area (Å²) in [5, 5.41) is 0. The molecule has 3 unspecified atom stereocenters. The zero-order valence-corrected chi connectivity index (χ0v) is 28.7. The third kappa shape index (κ3) is 5.61. The SMILES string of the molecule is CC(=O)O[C@H]1C[C@@H]2CCC3C4C[C@H]([N+]5(C)CCCCC5)[C@@H](OC(=O)C(C)(C)C)[C@@]4(C)CCC3[C@@]2(C)C[C@@H]1N1CCCCC1. The highest BCUT2D eigenvalue weighted by molar-refractivity contribution is 5.75. The van der Waals surface area contributed by atoms with Crippen LogP contribution in [-0.4, -0.2) is 78.8 Å². The number of carbonyl (C=O) groups is 2. The van der Waals surface area contributed by atoms with Gasteiger partial charge in [0, 0.05) is 24.8 Å². The first-order chi connectivity index (χ1) is 20.3. The summed E-state index contributed by atoms with van der Waals surface area (Å²) in [7, 11) is 2.48. The lowest BCUT2D eigenvalue weighted by Gasteiger charge is -2.62. The molecule has 0 bridgehead atoms. The molecule has 2 aliphatic heterocycles. The van der Waals surface area contributed by atoms with E-state index in [1.165, 1.54) is 90.1 Å². The van der Waals surface area contributed by atoms with Gasteiger partial charge in [-0.05, 0) is 134 Å². The maximum Gasteiger partial charge on any atom is 0.311 e. The summed E-state index contributed by atoms with van der Waals surface area (Å²) in [4.78, 5) is 28.5. The van der Waals surface area contributed by atoms with Crippen LogP contribution in [0.5, 0.6) is 0 Å². The molecule has 4 saturated carbocycles. The Balaban J connectivity index is 1.30. The van der Waals surface area contributed by atoms with E-state index in [2.05, 4.69) is 25.8 Å². The quantitative estimate of drug-likeness (QED) is 0.258. The van der Waals surface area contributed by atoms with Crippen LogP contribution in [0.1, 0.15) is 125 Å². The minimum atomic E-state index is -0.480. The smallest absolute Gasteiger partial charge is 0.311 e. The van der Waals surface area contributed by atoms with Gasteiger partial charge in [0.15, 0.2) is 6.10 Å². The topological polar surface area (TPSA) is 55.8 Å². The molecule has 6 fully saturated rings. The summed E-state index contributed by atoms with van der Waals surface area (Å²) >= 11 is 0. The molecule has 4 aliphatic carbocycles. The van der Waals surface area contributed by atoms with Crippen molar-refractivity contribution in [3.05, 3.63) is 0 Å². The highest BCUT2D eigenvalue weighted by atomic mass is 16.6. The van der Waals surface area contributed by atoms with Gasteiger partial charge in [0.05, 0.1) is 25.6 Å². The number of hydrogen-bond donors (Lipinski definition) is 0. The number of piperidine rings is 2. The molecule has 0 radical (unpaired) electrons. The lowest BCUT2D eigenvalue weighted by Crippen LogP contribution is -2.61. The van der Waals surface area contributed by atoms with Crippen molar-refractivity contribution in [2.24, 2.45) is 39.9 Å². The van der Waals surface area contributed by atoms with Crippen LogP contribution in [0.4, 0.5) is 0 Å². The Morgan fingerprint density at radius 2 is 1.51 bits per heavy atom. The predicted octanol–water partition coefficient (Wildman–Crippen LogP) is 6.99. The second-order valence-corrected chi connectivity index (χ2v) is 17.8. The van der Waals surface area contributed by atoms with Gasteiger partial charge in [-0.3, -0.25) is 14.5 Å². The van der Waals surface area contributed by atoms with Crippen LogP contribution in [0.3, 0.4) is 0 Å². The van der Waals surface area contributed by atoms with Crippen molar-refractivity contribution < 1.29 is 23.5 Å². The van der Waals surface area contributed by atoms with Crippen LogP contribution < -0.4 is 0 Å². The molecular formula is C37H63N2O4+. The van der Waals surface area contributed by atoms with Gasteiger partial charge in [0.2, 0.25) is 0 Å². The van der Waals surface area contributed by atoms with Crippen LogP contribution in [0.15, 0.2) is 0 Å². The Kier molecular flexibility index (Phi) is 8.57. The van der Waals surface area contributed by atoms with E-state index < -0.39 is 5.41 Å². The molecule has 244 valence electrons. The first kappa shape index (κ1) is 31.8. The van der Waals surface area contributed by atoms with Gasteiger partial charge in [0.25, 0.3) is 0 Å². The number of likely N-dealkylation sites (tertiary alicyclic amines) is 2. The van der Waals surface area contributed by atoms with Crippen molar-refractivity contribution in [1.29, 1.82) is 0 Å². The van der Waals surface area contributed by atoms with Gasteiger partial charge < -0.3 is 14.0 Å². The number of likely N-dealkylation sites (N-methyl/N-ethyl adjacent to an activating group) is 1. The standard InChI is InChI=1S/C37H63N2O4/c1-25(40)42-32-22-26-14-15-27-28(37(26,6)24-30(32)38-18-10-8-11-19-38)16-17-36(5)29(27)23-31(39(7)20-12-9-13-21-39)33(36)43-34(41)35(2,3)4/h26-33H,8-24H2,1-7H3/q+1/t26-,27?,28?,29?,30-,31-,32-,33+,36-,37-/m0/s1. The minimum Gasteiger partial charge on any atom is -0.461 e. The number of esters is 2. The van der Waals surface area contributed by atoms with Crippen molar-refractivity contribution in [3.63, 3.8) is 0 Å². The van der Waals surface area contributed by atoms with Gasteiger partial charge in [-0.15, -0.1) is 0 Å². The van der Waals surface area contributed by atoms with Crippen molar-refractivity contribution >= 4 is 11.9 Å². The van der Waals surface area contributed by atoms with Crippen LogP contribution in [0.25, 0.3) is 0 Å². The molecule has 0 aromatic heterocycles. The van der Waals surface area contributed by atoms with E-state index in [9.17, 15) is 9.59 Å². The lowest BCUT2D eigenvalue weighted by molar-refractivity contribution is -0.940. The number of nitrogens with zero attached hydrogens (tertiary/aromatic N) is 2. The third-order valence-electron chi connectivity index (χ3n) is 14.3. The summed E-state index contributed by atoms with van der Waals surface area (Å²) in [5.41, 5.74) is -0.148. The van der Waals surface area contributed by atoms with E-state index in [-0.39, 0.29) is 35.0 Å². The summed E-state index contributed by atoms with van der Waals surface area (Å²) in [6, 6.07) is 0.763. The zero-order chi connectivity index (χ0) is 30.8. The van der Waals surface area contributed by atoms with Crippen molar-refractivity contribution in [2.75, 3.05) is 33.2 Å². The molecule has 0 aromatic rings. The number of quaternary nitrogens is 1. The summed E-state index contributed by atoms with van der Waals surface area (Å²) < 4.78 is 13.9. The maximum atomic E-state index is 13.5. The van der Waals surface area contributed by atoms with Gasteiger partial charge in [0.1, 0.15) is 12.1 Å². The minimum absolute atomic E-state index is 0.0135. The van der Waals surface area contributed by atoms with Crippen LogP contribution in [-0.2, 0) is 19.1 Å². The Bertz CT molecular complexity index is 1040. The van der Waals surface area contributed by atoms with Gasteiger partial charge >= 0.3 is 11.9 Å². The molecule has 6 rings (SSSR count). The molecule has 2 saturated heterocycles. The molecule has 10 atom stereocenters. The number of ether oxygens (including phenoxy) is 2. The fourth-order valence-electron chi connectivity index (χ4n) is 11.8. The van der Waals surface area contributed by atoms with Crippen LogP contribution >= 0.6 is 0 Å². The van der Waals surface area contributed by atoms with Crippen LogP contribution in [0.2, 0.25) is 0 Å². The monoisotopic (exact) mass is 599 g/mol. The average Bonchev–Trinajstić information content (AvgIpc) is 3.26.